The number of amides is 1. The minimum Gasteiger partial charge on any atom is -0.490 e. The SMILES string of the molecule is COc1cc(C(=O)N2CC[C@@H](O)C2)ccc1[N+](=O)[O-]. The number of carbonyl (C=O) groups excluding carboxylic acids is 1. The molecular weight excluding hydrogens is 252 g/mol. The predicted octanol–water partition coefficient (Wildman–Crippen LogP) is 0.810. The summed E-state index contributed by atoms with van der Waals surface area (Å²) in [4.78, 5) is 23.8. The van der Waals surface area contributed by atoms with E-state index in [1.165, 1.54) is 30.2 Å². The van der Waals surface area contributed by atoms with Crippen LogP contribution in [0.15, 0.2) is 18.2 Å². The predicted molar refractivity (Wildman–Crippen MR) is 66.2 cm³/mol. The van der Waals surface area contributed by atoms with Crippen LogP contribution in [0.5, 0.6) is 5.75 Å². The zero-order chi connectivity index (χ0) is 14.0. The maximum Gasteiger partial charge on any atom is 0.310 e. The van der Waals surface area contributed by atoms with Crippen molar-refractivity contribution in [2.75, 3.05) is 20.2 Å². The maximum absolute atomic E-state index is 12.1. The molecule has 0 aliphatic carbocycles. The summed E-state index contributed by atoms with van der Waals surface area (Å²) < 4.78 is 4.92. The number of likely N-dealkylation sites (tertiary alicyclic amines) is 1. The molecule has 19 heavy (non-hydrogen) atoms. The smallest absolute Gasteiger partial charge is 0.310 e. The largest absolute Gasteiger partial charge is 0.490 e. The van der Waals surface area contributed by atoms with Gasteiger partial charge in [0.2, 0.25) is 0 Å². The van der Waals surface area contributed by atoms with Crippen LogP contribution >= 0.6 is 0 Å². The van der Waals surface area contributed by atoms with E-state index in [-0.39, 0.29) is 23.9 Å². The van der Waals surface area contributed by atoms with Crippen molar-refractivity contribution in [3.05, 3.63) is 33.9 Å². The van der Waals surface area contributed by atoms with Crippen molar-refractivity contribution in [2.24, 2.45) is 0 Å². The number of nitrogens with zero attached hydrogens (tertiary/aromatic N) is 2. The van der Waals surface area contributed by atoms with Crippen LogP contribution in [0.3, 0.4) is 0 Å². The van der Waals surface area contributed by atoms with Crippen molar-refractivity contribution < 1.29 is 19.6 Å². The first-order valence-electron chi connectivity index (χ1n) is 5.82. The van der Waals surface area contributed by atoms with Gasteiger partial charge in [0.15, 0.2) is 5.75 Å². The van der Waals surface area contributed by atoms with Gasteiger partial charge in [0.1, 0.15) is 0 Å². The Morgan fingerprint density at radius 3 is 2.84 bits per heavy atom. The van der Waals surface area contributed by atoms with Crippen LogP contribution in [0, 0.1) is 10.1 Å². The molecule has 1 fully saturated rings. The summed E-state index contributed by atoms with van der Waals surface area (Å²) in [5.74, 6) is -0.208. The lowest BCUT2D eigenvalue weighted by molar-refractivity contribution is -0.385. The normalized spacial score (nSPS) is 18.4. The molecule has 0 radical (unpaired) electrons. The third kappa shape index (κ3) is 2.65. The molecule has 102 valence electrons. The number of β-amino-alcohol motifs (C(OH)–C–C–N with tert-alkyl or cyclic N) is 1. The Labute approximate surface area is 109 Å². The molecule has 0 spiro atoms. The van der Waals surface area contributed by atoms with E-state index in [9.17, 15) is 20.0 Å². The summed E-state index contributed by atoms with van der Waals surface area (Å²) in [5, 5.41) is 20.2. The minimum atomic E-state index is -0.563. The lowest BCUT2D eigenvalue weighted by Gasteiger charge is -2.15. The van der Waals surface area contributed by atoms with Crippen LogP contribution in [-0.4, -0.2) is 47.1 Å². The average Bonchev–Trinajstić information content (AvgIpc) is 2.83. The Morgan fingerprint density at radius 2 is 2.32 bits per heavy atom. The first kappa shape index (κ1) is 13.3. The van der Waals surface area contributed by atoms with E-state index < -0.39 is 11.0 Å². The molecular formula is C12H14N2O5. The van der Waals surface area contributed by atoms with E-state index >= 15 is 0 Å². The van der Waals surface area contributed by atoms with Crippen LogP contribution in [-0.2, 0) is 0 Å². The Bertz CT molecular complexity index is 517. The molecule has 0 saturated carbocycles. The summed E-state index contributed by atoms with van der Waals surface area (Å²) >= 11 is 0. The number of aliphatic hydroxyl groups excluding tert-OH is 1. The topological polar surface area (TPSA) is 92.9 Å². The quantitative estimate of drug-likeness (QED) is 0.645. The average molecular weight is 266 g/mol. The van der Waals surface area contributed by atoms with Crippen LogP contribution in [0.2, 0.25) is 0 Å². The number of nitro benzene ring substituents is 1. The monoisotopic (exact) mass is 266 g/mol. The number of ether oxygens (including phenoxy) is 1. The zero-order valence-electron chi connectivity index (χ0n) is 10.4. The van der Waals surface area contributed by atoms with Gasteiger partial charge in [0.25, 0.3) is 5.91 Å². The van der Waals surface area contributed by atoms with Gasteiger partial charge in [-0.05, 0) is 12.5 Å². The molecule has 0 unspecified atom stereocenters. The van der Waals surface area contributed by atoms with E-state index in [0.29, 0.717) is 18.5 Å². The van der Waals surface area contributed by atoms with Gasteiger partial charge >= 0.3 is 5.69 Å². The highest BCUT2D eigenvalue weighted by atomic mass is 16.6. The van der Waals surface area contributed by atoms with Crippen molar-refractivity contribution in [1.82, 2.24) is 4.90 Å². The number of rotatable bonds is 3. The Kier molecular flexibility index (Phi) is 3.66. The Morgan fingerprint density at radius 1 is 1.58 bits per heavy atom. The molecule has 1 aliphatic heterocycles. The summed E-state index contributed by atoms with van der Waals surface area (Å²) in [6, 6.07) is 4.00. The molecule has 0 bridgehead atoms. The van der Waals surface area contributed by atoms with Gasteiger partial charge in [0, 0.05) is 30.8 Å². The summed E-state index contributed by atoms with van der Waals surface area (Å²) in [6.07, 6.45) is 0.0551. The van der Waals surface area contributed by atoms with E-state index in [1.54, 1.807) is 0 Å². The summed E-state index contributed by atoms with van der Waals surface area (Å²) in [7, 11) is 1.32. The molecule has 0 aromatic heterocycles. The van der Waals surface area contributed by atoms with Gasteiger partial charge < -0.3 is 14.7 Å². The van der Waals surface area contributed by atoms with Crippen LogP contribution in [0.25, 0.3) is 0 Å². The van der Waals surface area contributed by atoms with E-state index in [4.69, 9.17) is 4.74 Å². The molecule has 1 aromatic rings. The van der Waals surface area contributed by atoms with Crippen LogP contribution in [0.4, 0.5) is 5.69 Å². The molecule has 1 amide bonds. The number of hydrogen-bond acceptors (Lipinski definition) is 5. The number of benzene rings is 1. The van der Waals surface area contributed by atoms with Gasteiger partial charge in [0.05, 0.1) is 18.1 Å². The molecule has 7 nitrogen and oxygen atoms in total. The lowest BCUT2D eigenvalue weighted by Crippen LogP contribution is -2.29. The number of methoxy groups -OCH3 is 1. The molecule has 1 aliphatic rings. The van der Waals surface area contributed by atoms with Crippen molar-refractivity contribution in [3.8, 4) is 5.75 Å². The first-order valence-corrected chi connectivity index (χ1v) is 5.82. The second-order valence-corrected chi connectivity index (χ2v) is 4.34. The number of carbonyl (C=O) groups is 1. The maximum atomic E-state index is 12.1. The van der Waals surface area contributed by atoms with Gasteiger partial charge in [-0.25, -0.2) is 0 Å². The second kappa shape index (κ2) is 5.23. The van der Waals surface area contributed by atoms with Crippen molar-refractivity contribution in [1.29, 1.82) is 0 Å². The van der Waals surface area contributed by atoms with Gasteiger partial charge in [-0.3, -0.25) is 14.9 Å². The number of aliphatic hydroxyl groups is 1. The highest BCUT2D eigenvalue weighted by molar-refractivity contribution is 5.95. The first-order chi connectivity index (χ1) is 9.02. The fourth-order valence-electron chi connectivity index (χ4n) is 2.07. The Balaban J connectivity index is 2.26. The lowest BCUT2D eigenvalue weighted by atomic mass is 10.1. The van der Waals surface area contributed by atoms with E-state index in [0.717, 1.165) is 0 Å². The highest BCUT2D eigenvalue weighted by Crippen LogP contribution is 2.28. The van der Waals surface area contributed by atoms with Crippen molar-refractivity contribution in [3.63, 3.8) is 0 Å². The van der Waals surface area contributed by atoms with E-state index in [1.807, 2.05) is 0 Å². The zero-order valence-corrected chi connectivity index (χ0v) is 10.4. The van der Waals surface area contributed by atoms with E-state index in [2.05, 4.69) is 0 Å². The molecule has 1 heterocycles. The molecule has 1 saturated heterocycles. The molecule has 7 heteroatoms. The molecule has 1 N–H and O–H groups in total. The molecule has 1 atom stereocenters. The molecule has 2 rings (SSSR count). The fourth-order valence-corrected chi connectivity index (χ4v) is 2.07. The third-order valence-corrected chi connectivity index (χ3v) is 3.07. The van der Waals surface area contributed by atoms with Crippen LogP contribution < -0.4 is 4.74 Å². The summed E-state index contributed by atoms with van der Waals surface area (Å²) in [6.45, 7) is 0.775. The number of hydrogen-bond donors (Lipinski definition) is 1. The summed E-state index contributed by atoms with van der Waals surface area (Å²) in [5.41, 5.74) is 0.136. The fraction of sp³-hybridized carbons (Fsp3) is 0.417. The highest BCUT2D eigenvalue weighted by Gasteiger charge is 2.26. The molecule has 1 aromatic carbocycles. The third-order valence-electron chi connectivity index (χ3n) is 3.07. The standard InChI is InChI=1S/C12H14N2O5/c1-19-11-6-8(2-3-10(11)14(17)18)12(16)13-5-4-9(15)7-13/h2-3,6,9,15H,4-5,7H2,1H3/t9-/m1/s1. The van der Waals surface area contributed by atoms with Gasteiger partial charge in [-0.1, -0.05) is 0 Å². The van der Waals surface area contributed by atoms with Crippen molar-refractivity contribution >= 4 is 11.6 Å². The second-order valence-electron chi connectivity index (χ2n) is 4.34. The van der Waals surface area contributed by atoms with Gasteiger partial charge in [-0.15, -0.1) is 0 Å². The Hall–Kier alpha value is -2.15. The van der Waals surface area contributed by atoms with Crippen LogP contribution in [0.1, 0.15) is 16.8 Å². The van der Waals surface area contributed by atoms with Crippen molar-refractivity contribution in [2.45, 2.75) is 12.5 Å². The number of nitro groups is 1. The van der Waals surface area contributed by atoms with Gasteiger partial charge in [-0.2, -0.15) is 0 Å². The minimum absolute atomic E-state index is 0.0515.